The minimum atomic E-state index is 0.0516. The summed E-state index contributed by atoms with van der Waals surface area (Å²) in [5, 5.41) is 9.74. The molecule has 1 N–H and O–H groups in total. The molecule has 0 aromatic carbocycles. The molecule has 0 saturated heterocycles. The molecule has 4 heteroatoms. The van der Waals surface area contributed by atoms with Gasteiger partial charge in [0.05, 0.1) is 18.2 Å². The zero-order chi connectivity index (χ0) is 9.52. The lowest BCUT2D eigenvalue weighted by atomic mass is 10.3. The molecule has 0 bridgehead atoms. The number of nitrogens with zero attached hydrogens (tertiary/aromatic N) is 1. The van der Waals surface area contributed by atoms with Crippen LogP contribution in [0.1, 0.15) is 5.56 Å². The number of pyridine rings is 1. The summed E-state index contributed by atoms with van der Waals surface area (Å²) in [5.41, 5.74) is 0.844. The number of methoxy groups -OCH3 is 1. The smallest absolute Gasteiger partial charge is 0.0960 e. The summed E-state index contributed by atoms with van der Waals surface area (Å²) in [6.45, 7) is 0.782. The SMILES string of the molecule is COCCSc1ccc(CO)cn1. The van der Waals surface area contributed by atoms with Crippen molar-refractivity contribution in [2.75, 3.05) is 19.5 Å². The highest BCUT2D eigenvalue weighted by atomic mass is 32.2. The van der Waals surface area contributed by atoms with Gasteiger partial charge in [0.2, 0.25) is 0 Å². The standard InChI is InChI=1S/C9H13NO2S/c1-12-4-5-13-9-3-2-8(7-11)6-10-9/h2-3,6,11H,4-5,7H2,1H3. The maximum absolute atomic E-state index is 8.78. The van der Waals surface area contributed by atoms with Crippen molar-refractivity contribution < 1.29 is 9.84 Å². The van der Waals surface area contributed by atoms with Crippen molar-refractivity contribution in [2.24, 2.45) is 0 Å². The van der Waals surface area contributed by atoms with Crippen LogP contribution in [0.3, 0.4) is 0 Å². The van der Waals surface area contributed by atoms with Crippen molar-refractivity contribution in [1.82, 2.24) is 4.98 Å². The van der Waals surface area contributed by atoms with Gasteiger partial charge in [0.25, 0.3) is 0 Å². The Labute approximate surface area is 82.1 Å². The van der Waals surface area contributed by atoms with Crippen molar-refractivity contribution in [1.29, 1.82) is 0 Å². The van der Waals surface area contributed by atoms with Crippen LogP contribution >= 0.6 is 11.8 Å². The van der Waals surface area contributed by atoms with Crippen molar-refractivity contribution in [3.05, 3.63) is 23.9 Å². The molecule has 3 nitrogen and oxygen atoms in total. The maximum Gasteiger partial charge on any atom is 0.0960 e. The zero-order valence-electron chi connectivity index (χ0n) is 7.56. The van der Waals surface area contributed by atoms with E-state index < -0.39 is 0 Å². The highest BCUT2D eigenvalue weighted by molar-refractivity contribution is 7.99. The van der Waals surface area contributed by atoms with Crippen LogP contribution < -0.4 is 0 Å². The molecule has 0 amide bonds. The fourth-order valence-electron chi connectivity index (χ4n) is 0.819. The van der Waals surface area contributed by atoms with E-state index in [1.165, 1.54) is 0 Å². The molecule has 0 aliphatic carbocycles. The number of ether oxygens (including phenoxy) is 1. The number of aliphatic hydroxyl groups is 1. The number of thioether (sulfide) groups is 1. The number of hydrogen-bond donors (Lipinski definition) is 1. The lowest BCUT2D eigenvalue weighted by molar-refractivity contribution is 0.218. The molecule has 0 fully saturated rings. The van der Waals surface area contributed by atoms with Crippen LogP contribution in [0.4, 0.5) is 0 Å². The van der Waals surface area contributed by atoms with Crippen molar-refractivity contribution in [3.8, 4) is 0 Å². The first kappa shape index (κ1) is 10.5. The average molecular weight is 199 g/mol. The Balaban J connectivity index is 2.40. The second-order valence-electron chi connectivity index (χ2n) is 2.50. The summed E-state index contributed by atoms with van der Waals surface area (Å²) in [5.74, 6) is 0.905. The van der Waals surface area contributed by atoms with Crippen LogP contribution in [0.5, 0.6) is 0 Å². The Hall–Kier alpha value is -0.580. The molecule has 0 atom stereocenters. The van der Waals surface area contributed by atoms with Gasteiger partial charge in [-0.15, -0.1) is 11.8 Å². The van der Waals surface area contributed by atoms with E-state index in [1.54, 1.807) is 25.1 Å². The molecule has 0 aliphatic heterocycles. The van der Waals surface area contributed by atoms with Gasteiger partial charge in [-0.05, 0) is 11.6 Å². The van der Waals surface area contributed by atoms with Gasteiger partial charge in [-0.25, -0.2) is 4.98 Å². The minimum absolute atomic E-state index is 0.0516. The Morgan fingerprint density at radius 2 is 2.38 bits per heavy atom. The molecular formula is C9H13NO2S. The molecule has 1 heterocycles. The summed E-state index contributed by atoms with van der Waals surface area (Å²) in [7, 11) is 1.68. The van der Waals surface area contributed by atoms with E-state index in [9.17, 15) is 0 Å². The molecule has 13 heavy (non-hydrogen) atoms. The Kier molecular flexibility index (Phi) is 4.82. The fraction of sp³-hybridized carbons (Fsp3) is 0.444. The first-order chi connectivity index (χ1) is 6.36. The molecule has 0 saturated carbocycles. The fourth-order valence-corrected chi connectivity index (χ4v) is 1.57. The van der Waals surface area contributed by atoms with Crippen LogP contribution in [0, 0.1) is 0 Å². The van der Waals surface area contributed by atoms with Crippen LogP contribution in [-0.2, 0) is 11.3 Å². The zero-order valence-corrected chi connectivity index (χ0v) is 8.38. The second kappa shape index (κ2) is 5.96. The first-order valence-corrected chi connectivity index (χ1v) is 5.03. The van der Waals surface area contributed by atoms with Gasteiger partial charge in [0.15, 0.2) is 0 Å². The molecule has 0 aliphatic rings. The van der Waals surface area contributed by atoms with Gasteiger partial charge in [-0.1, -0.05) is 6.07 Å². The van der Waals surface area contributed by atoms with Gasteiger partial charge in [-0.3, -0.25) is 0 Å². The molecule has 72 valence electrons. The van der Waals surface area contributed by atoms with E-state index in [0.717, 1.165) is 22.9 Å². The van der Waals surface area contributed by atoms with Gasteiger partial charge in [-0.2, -0.15) is 0 Å². The van der Waals surface area contributed by atoms with Crippen LogP contribution in [-0.4, -0.2) is 29.6 Å². The highest BCUT2D eigenvalue weighted by Gasteiger charge is 1.95. The van der Waals surface area contributed by atoms with Crippen molar-refractivity contribution in [2.45, 2.75) is 11.6 Å². The monoisotopic (exact) mass is 199 g/mol. The summed E-state index contributed by atoms with van der Waals surface area (Å²) in [4.78, 5) is 4.17. The molecule has 0 radical (unpaired) electrons. The highest BCUT2D eigenvalue weighted by Crippen LogP contribution is 2.14. The third-order valence-electron chi connectivity index (χ3n) is 1.52. The van der Waals surface area contributed by atoms with E-state index in [2.05, 4.69) is 4.98 Å². The first-order valence-electron chi connectivity index (χ1n) is 4.04. The number of aromatic nitrogens is 1. The molecule has 0 spiro atoms. The van der Waals surface area contributed by atoms with Gasteiger partial charge < -0.3 is 9.84 Å². The lowest BCUT2D eigenvalue weighted by Gasteiger charge is -2.00. The van der Waals surface area contributed by atoms with Crippen LogP contribution in [0.15, 0.2) is 23.4 Å². The second-order valence-corrected chi connectivity index (χ2v) is 3.62. The number of hydrogen-bond acceptors (Lipinski definition) is 4. The van der Waals surface area contributed by atoms with E-state index in [1.807, 2.05) is 12.1 Å². The predicted octanol–water partition coefficient (Wildman–Crippen LogP) is 1.31. The van der Waals surface area contributed by atoms with E-state index >= 15 is 0 Å². The van der Waals surface area contributed by atoms with Crippen molar-refractivity contribution in [3.63, 3.8) is 0 Å². The van der Waals surface area contributed by atoms with Crippen LogP contribution in [0.25, 0.3) is 0 Å². The molecule has 1 aromatic rings. The number of aliphatic hydroxyl groups excluding tert-OH is 1. The molecule has 0 unspecified atom stereocenters. The maximum atomic E-state index is 8.78. The third kappa shape index (κ3) is 3.76. The summed E-state index contributed by atoms with van der Waals surface area (Å²) in [6.07, 6.45) is 1.69. The molecular weight excluding hydrogens is 186 g/mol. The Morgan fingerprint density at radius 1 is 1.54 bits per heavy atom. The average Bonchev–Trinajstić information content (AvgIpc) is 2.19. The van der Waals surface area contributed by atoms with Gasteiger partial charge in [0.1, 0.15) is 0 Å². The summed E-state index contributed by atoms with van der Waals surface area (Å²) < 4.78 is 4.92. The predicted molar refractivity (Wildman–Crippen MR) is 52.8 cm³/mol. The normalized spacial score (nSPS) is 10.3. The largest absolute Gasteiger partial charge is 0.392 e. The Morgan fingerprint density at radius 3 is 2.92 bits per heavy atom. The third-order valence-corrected chi connectivity index (χ3v) is 2.43. The molecule has 1 aromatic heterocycles. The van der Waals surface area contributed by atoms with E-state index in [-0.39, 0.29) is 6.61 Å². The van der Waals surface area contributed by atoms with Crippen molar-refractivity contribution >= 4 is 11.8 Å². The Bertz CT molecular complexity index is 238. The van der Waals surface area contributed by atoms with Gasteiger partial charge in [0, 0.05) is 19.1 Å². The lowest BCUT2D eigenvalue weighted by Crippen LogP contribution is -1.92. The summed E-state index contributed by atoms with van der Waals surface area (Å²) >= 11 is 1.65. The van der Waals surface area contributed by atoms with E-state index in [4.69, 9.17) is 9.84 Å². The molecule has 1 rings (SSSR count). The number of rotatable bonds is 5. The topological polar surface area (TPSA) is 42.4 Å². The summed E-state index contributed by atoms with van der Waals surface area (Å²) in [6, 6.07) is 3.79. The van der Waals surface area contributed by atoms with Gasteiger partial charge >= 0.3 is 0 Å². The minimum Gasteiger partial charge on any atom is -0.392 e. The van der Waals surface area contributed by atoms with Crippen LogP contribution in [0.2, 0.25) is 0 Å². The quantitative estimate of drug-likeness (QED) is 0.573. The van der Waals surface area contributed by atoms with E-state index in [0.29, 0.717) is 0 Å².